The van der Waals surface area contributed by atoms with Gasteiger partial charge in [-0.05, 0) is 59.2 Å². The van der Waals surface area contributed by atoms with Crippen molar-refractivity contribution in [3.63, 3.8) is 0 Å². The highest BCUT2D eigenvalue weighted by Crippen LogP contribution is 2.38. The van der Waals surface area contributed by atoms with Gasteiger partial charge in [0.25, 0.3) is 0 Å². The summed E-state index contributed by atoms with van der Waals surface area (Å²) in [4.78, 5) is 0. The van der Waals surface area contributed by atoms with Gasteiger partial charge in [0.15, 0.2) is 0 Å². The van der Waals surface area contributed by atoms with E-state index in [0.717, 1.165) is 25.2 Å². The van der Waals surface area contributed by atoms with Gasteiger partial charge in [0.1, 0.15) is 5.75 Å². The minimum absolute atomic E-state index is 0.127. The van der Waals surface area contributed by atoms with Crippen LogP contribution in [0.1, 0.15) is 41.5 Å². The Morgan fingerprint density at radius 3 is 3.00 bits per heavy atom. The van der Waals surface area contributed by atoms with Crippen LogP contribution in [-0.4, -0.2) is 6.61 Å². The summed E-state index contributed by atoms with van der Waals surface area (Å²) in [5.41, 5.74) is 10.3. The lowest BCUT2D eigenvalue weighted by Gasteiger charge is -2.28. The van der Waals surface area contributed by atoms with Crippen LogP contribution >= 0.6 is 11.3 Å². The normalized spacial score (nSPS) is 19.6. The standard InChI is InChI=1S/C16H19NOS/c1-11-9-19-10-14(11)15(17)8-12-6-7-18-16-5-3-2-4-13(12)16/h2-5,9-10,12,15H,6-8,17H2,1H3. The quantitative estimate of drug-likeness (QED) is 0.917. The van der Waals surface area contributed by atoms with E-state index < -0.39 is 0 Å². The Bertz CT molecular complexity index is 563. The van der Waals surface area contributed by atoms with Crippen molar-refractivity contribution in [2.24, 2.45) is 5.73 Å². The molecule has 0 saturated heterocycles. The zero-order valence-corrected chi connectivity index (χ0v) is 12.0. The summed E-state index contributed by atoms with van der Waals surface area (Å²) in [6.45, 7) is 2.95. The molecule has 1 aromatic heterocycles. The fourth-order valence-corrected chi connectivity index (χ4v) is 3.76. The average Bonchev–Trinajstić information content (AvgIpc) is 2.85. The number of hydrogen-bond acceptors (Lipinski definition) is 3. The number of hydrogen-bond donors (Lipinski definition) is 1. The predicted octanol–water partition coefficient (Wildman–Crippen LogP) is 4.01. The third kappa shape index (κ3) is 2.53. The van der Waals surface area contributed by atoms with Gasteiger partial charge >= 0.3 is 0 Å². The molecule has 2 aromatic rings. The number of benzene rings is 1. The fourth-order valence-electron chi connectivity index (χ4n) is 2.84. The maximum atomic E-state index is 6.39. The molecule has 0 saturated carbocycles. The van der Waals surface area contributed by atoms with Gasteiger partial charge in [-0.3, -0.25) is 0 Å². The number of thiophene rings is 1. The molecule has 1 aliphatic heterocycles. The van der Waals surface area contributed by atoms with Crippen molar-refractivity contribution >= 4 is 11.3 Å². The number of rotatable bonds is 3. The first-order valence-corrected chi connectivity index (χ1v) is 7.70. The van der Waals surface area contributed by atoms with Gasteiger partial charge in [-0.2, -0.15) is 11.3 Å². The van der Waals surface area contributed by atoms with Crippen LogP contribution in [0.5, 0.6) is 5.75 Å². The number of nitrogens with two attached hydrogens (primary N) is 1. The summed E-state index contributed by atoms with van der Waals surface area (Å²) in [6, 6.07) is 8.48. The molecule has 0 aliphatic carbocycles. The highest BCUT2D eigenvalue weighted by molar-refractivity contribution is 7.08. The molecule has 1 aliphatic rings. The molecule has 2 heterocycles. The van der Waals surface area contributed by atoms with Gasteiger partial charge in [0, 0.05) is 6.04 Å². The molecule has 3 heteroatoms. The van der Waals surface area contributed by atoms with Crippen LogP contribution in [0.3, 0.4) is 0 Å². The molecule has 100 valence electrons. The van der Waals surface area contributed by atoms with E-state index in [1.165, 1.54) is 16.7 Å². The molecule has 3 rings (SSSR count). The summed E-state index contributed by atoms with van der Waals surface area (Å²) in [5.74, 6) is 1.55. The van der Waals surface area contributed by atoms with Crippen molar-refractivity contribution in [1.29, 1.82) is 0 Å². The summed E-state index contributed by atoms with van der Waals surface area (Å²) >= 11 is 1.74. The second kappa shape index (κ2) is 5.35. The SMILES string of the molecule is Cc1cscc1C(N)CC1CCOc2ccccc21. The molecular weight excluding hydrogens is 254 g/mol. The smallest absolute Gasteiger partial charge is 0.122 e. The van der Waals surface area contributed by atoms with Crippen LogP contribution in [0, 0.1) is 6.92 Å². The molecule has 0 radical (unpaired) electrons. The Morgan fingerprint density at radius 2 is 2.21 bits per heavy atom. The van der Waals surface area contributed by atoms with E-state index in [9.17, 15) is 0 Å². The second-order valence-corrected chi connectivity index (χ2v) is 5.97. The molecule has 0 bridgehead atoms. The van der Waals surface area contributed by atoms with Crippen LogP contribution in [0.15, 0.2) is 35.0 Å². The number of aryl methyl sites for hydroxylation is 1. The van der Waals surface area contributed by atoms with Crippen molar-refractivity contribution in [2.45, 2.75) is 31.7 Å². The molecule has 0 fully saturated rings. The van der Waals surface area contributed by atoms with Crippen LogP contribution < -0.4 is 10.5 Å². The third-order valence-electron chi connectivity index (χ3n) is 3.92. The summed E-state index contributed by atoms with van der Waals surface area (Å²) in [5, 5.41) is 4.36. The largest absolute Gasteiger partial charge is 0.493 e. The van der Waals surface area contributed by atoms with Crippen molar-refractivity contribution in [1.82, 2.24) is 0 Å². The van der Waals surface area contributed by atoms with Crippen LogP contribution in [0.2, 0.25) is 0 Å². The van der Waals surface area contributed by atoms with Gasteiger partial charge in [0.2, 0.25) is 0 Å². The van der Waals surface area contributed by atoms with E-state index in [4.69, 9.17) is 10.5 Å². The molecule has 2 nitrogen and oxygen atoms in total. The van der Waals surface area contributed by atoms with Gasteiger partial charge in [0.05, 0.1) is 6.61 Å². The van der Waals surface area contributed by atoms with Gasteiger partial charge in [-0.25, -0.2) is 0 Å². The first-order valence-electron chi connectivity index (χ1n) is 6.75. The Hall–Kier alpha value is -1.32. The lowest BCUT2D eigenvalue weighted by Crippen LogP contribution is -2.20. The Kier molecular flexibility index (Phi) is 3.58. The molecule has 2 unspecified atom stereocenters. The molecule has 2 atom stereocenters. The van der Waals surface area contributed by atoms with E-state index in [0.29, 0.717) is 5.92 Å². The number of para-hydroxylation sites is 1. The first kappa shape index (κ1) is 12.7. The number of fused-ring (bicyclic) bond motifs is 1. The summed E-state index contributed by atoms with van der Waals surface area (Å²) in [6.07, 6.45) is 2.06. The Morgan fingerprint density at radius 1 is 1.37 bits per heavy atom. The van der Waals surface area contributed by atoms with Crippen molar-refractivity contribution in [2.75, 3.05) is 6.61 Å². The van der Waals surface area contributed by atoms with Gasteiger partial charge in [-0.15, -0.1) is 0 Å². The fraction of sp³-hybridized carbons (Fsp3) is 0.375. The molecular formula is C16H19NOS. The predicted molar refractivity (Wildman–Crippen MR) is 79.9 cm³/mol. The van der Waals surface area contributed by atoms with E-state index in [1.54, 1.807) is 11.3 Å². The van der Waals surface area contributed by atoms with Crippen molar-refractivity contribution in [3.8, 4) is 5.75 Å². The van der Waals surface area contributed by atoms with Crippen LogP contribution in [-0.2, 0) is 0 Å². The van der Waals surface area contributed by atoms with Crippen molar-refractivity contribution in [3.05, 3.63) is 51.7 Å². The highest BCUT2D eigenvalue weighted by Gasteiger charge is 2.24. The Labute approximate surface area is 118 Å². The average molecular weight is 273 g/mol. The van der Waals surface area contributed by atoms with Crippen molar-refractivity contribution < 1.29 is 4.74 Å². The van der Waals surface area contributed by atoms with Gasteiger partial charge in [-0.1, -0.05) is 18.2 Å². The molecule has 1 aromatic carbocycles. The topological polar surface area (TPSA) is 35.2 Å². The van der Waals surface area contributed by atoms with E-state index in [1.807, 2.05) is 6.07 Å². The summed E-state index contributed by atoms with van der Waals surface area (Å²) in [7, 11) is 0. The minimum atomic E-state index is 0.127. The zero-order chi connectivity index (χ0) is 13.2. The Balaban J connectivity index is 1.80. The highest BCUT2D eigenvalue weighted by atomic mass is 32.1. The molecule has 0 spiro atoms. The van der Waals surface area contributed by atoms with Crippen LogP contribution in [0.4, 0.5) is 0 Å². The van der Waals surface area contributed by atoms with E-state index in [-0.39, 0.29) is 6.04 Å². The van der Waals surface area contributed by atoms with E-state index in [2.05, 4.69) is 35.9 Å². The maximum Gasteiger partial charge on any atom is 0.122 e. The third-order valence-corrected chi connectivity index (χ3v) is 4.80. The first-order chi connectivity index (χ1) is 9.25. The lowest BCUT2D eigenvalue weighted by molar-refractivity contribution is 0.259. The number of ether oxygens (including phenoxy) is 1. The maximum absolute atomic E-state index is 6.39. The zero-order valence-electron chi connectivity index (χ0n) is 11.1. The second-order valence-electron chi connectivity index (χ2n) is 5.22. The minimum Gasteiger partial charge on any atom is -0.493 e. The summed E-state index contributed by atoms with van der Waals surface area (Å²) < 4.78 is 5.71. The van der Waals surface area contributed by atoms with E-state index >= 15 is 0 Å². The monoisotopic (exact) mass is 273 g/mol. The lowest BCUT2D eigenvalue weighted by atomic mass is 9.86. The molecule has 19 heavy (non-hydrogen) atoms. The van der Waals surface area contributed by atoms with Crippen LogP contribution in [0.25, 0.3) is 0 Å². The van der Waals surface area contributed by atoms with Gasteiger partial charge < -0.3 is 10.5 Å². The molecule has 0 amide bonds. The molecule has 2 N–H and O–H groups in total.